The van der Waals surface area contributed by atoms with E-state index < -0.39 is 0 Å². The highest BCUT2D eigenvalue weighted by Gasteiger charge is 2.26. The maximum absolute atomic E-state index is 11.6. The number of carbonyl (C=O) groups is 1. The monoisotopic (exact) mass is 244 g/mol. The zero-order valence-corrected chi connectivity index (χ0v) is 9.99. The first-order valence-electron chi connectivity index (χ1n) is 4.93. The minimum Gasteiger partial charge on any atom is -0.348 e. The Kier molecular flexibility index (Phi) is 3.29. The van der Waals surface area contributed by atoms with Crippen molar-refractivity contribution in [3.63, 3.8) is 0 Å². The second-order valence-electron chi connectivity index (χ2n) is 3.73. The fraction of sp³-hybridized carbons (Fsp3) is 0.500. The molecule has 1 amide bonds. The number of amides is 1. The molecular weight excluding hydrogens is 232 g/mol. The van der Waals surface area contributed by atoms with E-state index in [0.29, 0.717) is 0 Å². The van der Waals surface area contributed by atoms with Crippen LogP contribution in [0.5, 0.6) is 0 Å². The van der Waals surface area contributed by atoms with Crippen molar-refractivity contribution >= 4 is 28.8 Å². The Labute approximate surface area is 97.8 Å². The molecule has 0 saturated carbocycles. The average Bonchev–Trinajstić information content (AvgIpc) is 2.48. The minimum atomic E-state index is 0.0515. The molecule has 1 unspecified atom stereocenters. The molecule has 2 N–H and O–H groups in total. The number of hydrogen-bond donors (Lipinski definition) is 2. The second-order valence-corrected chi connectivity index (χ2v) is 5.47. The Morgan fingerprint density at radius 3 is 2.87 bits per heavy atom. The van der Waals surface area contributed by atoms with Gasteiger partial charge in [0.1, 0.15) is 0 Å². The van der Waals surface area contributed by atoms with Crippen molar-refractivity contribution in [2.45, 2.75) is 13.0 Å². The van der Waals surface area contributed by atoms with Gasteiger partial charge in [0.25, 0.3) is 0 Å². The Balaban J connectivity index is 1.91. The summed E-state index contributed by atoms with van der Waals surface area (Å²) in [4.78, 5) is 12.7. The van der Waals surface area contributed by atoms with Gasteiger partial charge in [0.15, 0.2) is 0 Å². The molecule has 1 aliphatic rings. The predicted octanol–water partition coefficient (Wildman–Crippen LogP) is 1.80. The summed E-state index contributed by atoms with van der Waals surface area (Å²) in [6.07, 6.45) is 0. The van der Waals surface area contributed by atoms with Gasteiger partial charge in [-0.15, -0.1) is 11.3 Å². The summed E-state index contributed by atoms with van der Waals surface area (Å²) in [6.45, 7) is 3.57. The van der Waals surface area contributed by atoms with Gasteiger partial charge in [0.05, 0.1) is 16.3 Å². The van der Waals surface area contributed by atoms with Gasteiger partial charge in [-0.3, -0.25) is 4.79 Å². The third kappa shape index (κ3) is 2.51. The van der Waals surface area contributed by atoms with E-state index in [9.17, 15) is 4.79 Å². The van der Waals surface area contributed by atoms with Crippen LogP contribution in [0.25, 0.3) is 0 Å². The second kappa shape index (κ2) is 4.51. The summed E-state index contributed by atoms with van der Waals surface area (Å²) in [6, 6.07) is 3.86. The molecule has 15 heavy (non-hydrogen) atoms. The van der Waals surface area contributed by atoms with Crippen molar-refractivity contribution < 1.29 is 4.79 Å². The van der Waals surface area contributed by atoms with Gasteiger partial charge in [0, 0.05) is 18.0 Å². The molecule has 2 rings (SSSR count). The van der Waals surface area contributed by atoms with E-state index in [1.807, 2.05) is 19.1 Å². The van der Waals surface area contributed by atoms with Gasteiger partial charge in [-0.05, 0) is 19.1 Å². The van der Waals surface area contributed by atoms with Crippen LogP contribution >= 0.6 is 22.9 Å². The minimum absolute atomic E-state index is 0.0515. The van der Waals surface area contributed by atoms with E-state index in [2.05, 4.69) is 10.6 Å². The summed E-state index contributed by atoms with van der Waals surface area (Å²) in [7, 11) is 0. The molecule has 1 atom stereocenters. The summed E-state index contributed by atoms with van der Waals surface area (Å²) >= 11 is 7.35. The molecule has 1 aliphatic heterocycles. The lowest BCUT2D eigenvalue weighted by molar-refractivity contribution is -0.127. The fourth-order valence-electron chi connectivity index (χ4n) is 1.44. The van der Waals surface area contributed by atoms with Crippen LogP contribution < -0.4 is 10.6 Å². The van der Waals surface area contributed by atoms with Crippen LogP contribution in [-0.2, 0) is 4.79 Å². The quantitative estimate of drug-likeness (QED) is 0.852. The zero-order chi connectivity index (χ0) is 10.8. The van der Waals surface area contributed by atoms with E-state index in [-0.39, 0.29) is 17.9 Å². The van der Waals surface area contributed by atoms with Crippen molar-refractivity contribution in [2.24, 2.45) is 5.92 Å². The molecule has 2 heterocycles. The van der Waals surface area contributed by atoms with Gasteiger partial charge >= 0.3 is 0 Å². The molecule has 0 aromatic carbocycles. The van der Waals surface area contributed by atoms with Gasteiger partial charge in [0.2, 0.25) is 5.91 Å². The van der Waals surface area contributed by atoms with Gasteiger partial charge in [-0.2, -0.15) is 0 Å². The van der Waals surface area contributed by atoms with Crippen LogP contribution in [0.2, 0.25) is 4.34 Å². The number of hydrogen-bond acceptors (Lipinski definition) is 3. The van der Waals surface area contributed by atoms with Gasteiger partial charge in [-0.25, -0.2) is 0 Å². The fourth-order valence-corrected chi connectivity index (χ4v) is 2.50. The molecule has 1 aromatic heterocycles. The maximum Gasteiger partial charge on any atom is 0.226 e. The number of thiophene rings is 1. The zero-order valence-electron chi connectivity index (χ0n) is 8.42. The third-order valence-electron chi connectivity index (χ3n) is 2.53. The summed E-state index contributed by atoms with van der Waals surface area (Å²) in [5.41, 5.74) is 0. The highest BCUT2D eigenvalue weighted by molar-refractivity contribution is 7.16. The summed E-state index contributed by atoms with van der Waals surface area (Å²) < 4.78 is 0.761. The maximum atomic E-state index is 11.6. The van der Waals surface area contributed by atoms with Crippen molar-refractivity contribution in [3.05, 3.63) is 21.3 Å². The van der Waals surface area contributed by atoms with Gasteiger partial charge in [-0.1, -0.05) is 11.6 Å². The normalized spacial score (nSPS) is 18.3. The highest BCUT2D eigenvalue weighted by atomic mass is 35.5. The Bertz CT molecular complexity index is 362. The van der Waals surface area contributed by atoms with Crippen molar-refractivity contribution in [1.29, 1.82) is 0 Å². The van der Waals surface area contributed by atoms with E-state index in [1.54, 1.807) is 0 Å². The first-order valence-corrected chi connectivity index (χ1v) is 6.12. The van der Waals surface area contributed by atoms with Crippen molar-refractivity contribution in [2.75, 3.05) is 13.1 Å². The summed E-state index contributed by atoms with van der Waals surface area (Å²) in [5, 5.41) is 6.06. The van der Waals surface area contributed by atoms with Crippen LogP contribution in [0.1, 0.15) is 17.8 Å². The summed E-state index contributed by atoms with van der Waals surface area (Å²) in [5.74, 6) is 0.272. The lowest BCUT2D eigenvalue weighted by atomic mass is 10.0. The largest absolute Gasteiger partial charge is 0.348 e. The van der Waals surface area contributed by atoms with Crippen LogP contribution in [0.15, 0.2) is 12.1 Å². The van der Waals surface area contributed by atoms with E-state index in [0.717, 1.165) is 22.3 Å². The molecule has 1 fully saturated rings. The molecule has 0 radical (unpaired) electrons. The van der Waals surface area contributed by atoms with Crippen LogP contribution in [0, 0.1) is 5.92 Å². The van der Waals surface area contributed by atoms with Crippen LogP contribution in [-0.4, -0.2) is 19.0 Å². The Morgan fingerprint density at radius 1 is 1.67 bits per heavy atom. The molecule has 3 nitrogen and oxygen atoms in total. The predicted molar refractivity (Wildman–Crippen MR) is 62.2 cm³/mol. The Morgan fingerprint density at radius 2 is 2.40 bits per heavy atom. The Hall–Kier alpha value is -0.580. The molecule has 1 aromatic rings. The molecule has 82 valence electrons. The molecule has 0 bridgehead atoms. The number of carbonyl (C=O) groups excluding carboxylic acids is 1. The number of rotatable bonds is 3. The highest BCUT2D eigenvalue weighted by Crippen LogP contribution is 2.26. The first-order chi connectivity index (χ1) is 7.16. The smallest absolute Gasteiger partial charge is 0.226 e. The molecule has 1 saturated heterocycles. The molecule has 5 heteroatoms. The molecular formula is C10H13ClN2OS. The van der Waals surface area contributed by atoms with Gasteiger partial charge < -0.3 is 10.6 Å². The van der Waals surface area contributed by atoms with Crippen molar-refractivity contribution in [1.82, 2.24) is 10.6 Å². The SMILES string of the molecule is CC(NC(=O)C1CNC1)c1ccc(Cl)s1. The topological polar surface area (TPSA) is 41.1 Å². The first kappa shape index (κ1) is 10.9. The molecule has 0 spiro atoms. The van der Waals surface area contributed by atoms with E-state index >= 15 is 0 Å². The average molecular weight is 245 g/mol. The molecule has 0 aliphatic carbocycles. The lowest BCUT2D eigenvalue weighted by Crippen LogP contribution is -2.51. The van der Waals surface area contributed by atoms with E-state index in [1.165, 1.54) is 11.3 Å². The lowest BCUT2D eigenvalue weighted by Gasteiger charge is -2.27. The van der Waals surface area contributed by atoms with E-state index in [4.69, 9.17) is 11.6 Å². The standard InChI is InChI=1S/C10H13ClN2OS/c1-6(8-2-3-9(11)15-8)13-10(14)7-4-12-5-7/h2-3,6-7,12H,4-5H2,1H3,(H,13,14). The van der Waals surface area contributed by atoms with Crippen LogP contribution in [0.4, 0.5) is 0 Å². The number of halogens is 1. The third-order valence-corrected chi connectivity index (χ3v) is 3.95. The van der Waals surface area contributed by atoms with Crippen molar-refractivity contribution in [3.8, 4) is 0 Å². The number of nitrogens with one attached hydrogen (secondary N) is 2. The van der Waals surface area contributed by atoms with Crippen LogP contribution in [0.3, 0.4) is 0 Å².